The predicted molar refractivity (Wildman–Crippen MR) is 119 cm³/mol. The first-order valence-electron chi connectivity index (χ1n) is 10.8. The van der Waals surface area contributed by atoms with Gasteiger partial charge in [-0.25, -0.2) is 14.2 Å². The summed E-state index contributed by atoms with van der Waals surface area (Å²) in [6.07, 6.45) is 6.49. The van der Waals surface area contributed by atoms with Crippen LogP contribution in [0.2, 0.25) is 0 Å². The second-order valence-electron chi connectivity index (χ2n) is 8.46. The van der Waals surface area contributed by atoms with Crippen LogP contribution in [0.4, 0.5) is 20.8 Å². The molecule has 0 radical (unpaired) electrons. The number of ether oxygens (including phenoxy) is 1. The third kappa shape index (κ3) is 4.12. The molecule has 1 aliphatic heterocycles. The summed E-state index contributed by atoms with van der Waals surface area (Å²) in [7, 11) is 0. The first-order chi connectivity index (χ1) is 15.6. The van der Waals surface area contributed by atoms with Gasteiger partial charge in [0.05, 0.1) is 6.54 Å². The van der Waals surface area contributed by atoms with Crippen molar-refractivity contribution in [2.45, 2.75) is 31.3 Å². The molecule has 2 fully saturated rings. The van der Waals surface area contributed by atoms with Crippen LogP contribution in [0.5, 0.6) is 0 Å². The van der Waals surface area contributed by atoms with E-state index >= 15 is 0 Å². The molecule has 1 aromatic carbocycles. The van der Waals surface area contributed by atoms with Crippen molar-refractivity contribution in [3.63, 3.8) is 0 Å². The average Bonchev–Trinajstić information content (AvgIpc) is 3.16. The summed E-state index contributed by atoms with van der Waals surface area (Å²) in [5.74, 6) is 1.52. The maximum absolute atomic E-state index is 14.0. The first kappa shape index (κ1) is 20.4. The zero-order valence-electron chi connectivity index (χ0n) is 17.6. The Balaban J connectivity index is 1.14. The molecule has 1 aliphatic carbocycles. The molecule has 1 saturated carbocycles. The van der Waals surface area contributed by atoms with Crippen LogP contribution in [0.3, 0.4) is 0 Å². The Morgan fingerprint density at radius 2 is 1.97 bits per heavy atom. The van der Waals surface area contributed by atoms with E-state index in [-0.39, 0.29) is 11.9 Å². The summed E-state index contributed by atoms with van der Waals surface area (Å²) in [5.41, 5.74) is 0.861. The van der Waals surface area contributed by atoms with Crippen molar-refractivity contribution >= 4 is 17.7 Å². The number of hydrogen-bond acceptors (Lipinski definition) is 6. The smallest absolute Gasteiger partial charge is 0.416 e. The Bertz CT molecular complexity index is 1090. The van der Waals surface area contributed by atoms with Gasteiger partial charge < -0.3 is 10.1 Å². The molecule has 7 nitrogen and oxygen atoms in total. The molecule has 32 heavy (non-hydrogen) atoms. The third-order valence-electron chi connectivity index (χ3n) is 6.34. The molecule has 164 valence electrons. The number of pyridine rings is 1. The molecule has 1 saturated heterocycles. The Morgan fingerprint density at radius 3 is 2.69 bits per heavy atom. The summed E-state index contributed by atoms with van der Waals surface area (Å²) in [5, 5.41) is 11.3. The van der Waals surface area contributed by atoms with Gasteiger partial charge in [0.15, 0.2) is 5.82 Å². The number of nitrogens with one attached hydrogen (secondary N) is 1. The molecule has 3 heterocycles. The van der Waals surface area contributed by atoms with Crippen LogP contribution in [-0.4, -0.2) is 40.0 Å². The van der Waals surface area contributed by atoms with E-state index in [0.29, 0.717) is 23.8 Å². The van der Waals surface area contributed by atoms with Crippen LogP contribution in [0.25, 0.3) is 11.1 Å². The summed E-state index contributed by atoms with van der Waals surface area (Å²) in [6, 6.07) is 14.0. The van der Waals surface area contributed by atoms with Gasteiger partial charge in [0.25, 0.3) is 0 Å². The molecule has 1 amide bonds. The topological polar surface area (TPSA) is 80.2 Å². The minimum Gasteiger partial charge on any atom is -0.441 e. The van der Waals surface area contributed by atoms with E-state index in [1.54, 1.807) is 41.6 Å². The summed E-state index contributed by atoms with van der Waals surface area (Å²) >= 11 is 0. The lowest BCUT2D eigenvalue weighted by atomic mass is 9.78. The fourth-order valence-electron chi connectivity index (χ4n) is 4.51. The van der Waals surface area contributed by atoms with E-state index in [0.717, 1.165) is 43.6 Å². The molecule has 2 aromatic heterocycles. The highest BCUT2D eigenvalue weighted by atomic mass is 19.1. The Labute approximate surface area is 185 Å². The summed E-state index contributed by atoms with van der Waals surface area (Å²) in [6.45, 7) is 1.31. The standard InChI is InChI=1S/C24H24FN5O2/c25-20-5-2-1-4-19(20)18-7-8-21(27-15-18)26-14-17-9-11-24(12-10-17)16-30(23(31)32-24)22-6-3-13-28-29-22/h1-8,13,15,17H,9-12,14,16H2,(H,26,27)/t17-,24-. The van der Waals surface area contributed by atoms with Crippen molar-refractivity contribution in [2.24, 2.45) is 5.92 Å². The highest BCUT2D eigenvalue weighted by molar-refractivity contribution is 5.89. The number of rotatable bonds is 5. The number of carbonyl (C=O) groups is 1. The van der Waals surface area contributed by atoms with Gasteiger partial charge in [0, 0.05) is 30.1 Å². The molecule has 1 N–H and O–H groups in total. The van der Waals surface area contributed by atoms with Crippen LogP contribution >= 0.6 is 0 Å². The monoisotopic (exact) mass is 433 g/mol. The van der Waals surface area contributed by atoms with E-state index < -0.39 is 5.60 Å². The molecular weight excluding hydrogens is 409 g/mol. The molecule has 2 aliphatic rings. The van der Waals surface area contributed by atoms with Gasteiger partial charge in [-0.15, -0.1) is 5.10 Å². The van der Waals surface area contributed by atoms with E-state index in [4.69, 9.17) is 4.74 Å². The van der Waals surface area contributed by atoms with Crippen molar-refractivity contribution in [3.8, 4) is 11.1 Å². The molecular formula is C24H24FN5O2. The quantitative estimate of drug-likeness (QED) is 0.630. The van der Waals surface area contributed by atoms with E-state index in [1.165, 1.54) is 6.07 Å². The minimum atomic E-state index is -0.440. The van der Waals surface area contributed by atoms with Crippen LogP contribution < -0.4 is 10.2 Å². The number of anilines is 2. The number of halogens is 1. The van der Waals surface area contributed by atoms with Crippen LogP contribution in [-0.2, 0) is 4.74 Å². The van der Waals surface area contributed by atoms with Crippen LogP contribution in [0.15, 0.2) is 60.9 Å². The molecule has 0 unspecified atom stereocenters. The normalized spacial score (nSPS) is 22.7. The highest BCUT2D eigenvalue weighted by Gasteiger charge is 2.48. The lowest BCUT2D eigenvalue weighted by molar-refractivity contribution is 0.0148. The van der Waals surface area contributed by atoms with Crippen molar-refractivity contribution in [3.05, 3.63) is 66.7 Å². The Morgan fingerprint density at radius 1 is 1.12 bits per heavy atom. The van der Waals surface area contributed by atoms with Crippen molar-refractivity contribution in [2.75, 3.05) is 23.3 Å². The van der Waals surface area contributed by atoms with Crippen molar-refractivity contribution in [1.29, 1.82) is 0 Å². The first-order valence-corrected chi connectivity index (χ1v) is 10.8. The Kier molecular flexibility index (Phi) is 5.43. The highest BCUT2D eigenvalue weighted by Crippen LogP contribution is 2.40. The number of benzene rings is 1. The lowest BCUT2D eigenvalue weighted by Gasteiger charge is -2.35. The maximum Gasteiger partial charge on any atom is 0.416 e. The van der Waals surface area contributed by atoms with Crippen LogP contribution in [0, 0.1) is 11.7 Å². The zero-order valence-corrected chi connectivity index (χ0v) is 17.6. The number of nitrogens with zero attached hydrogens (tertiary/aromatic N) is 4. The van der Waals surface area contributed by atoms with E-state index in [1.807, 2.05) is 18.2 Å². The van der Waals surface area contributed by atoms with Gasteiger partial charge in [-0.05, 0) is 61.9 Å². The predicted octanol–water partition coefficient (Wildman–Crippen LogP) is 4.68. The number of aromatic nitrogens is 3. The van der Waals surface area contributed by atoms with Crippen LogP contribution in [0.1, 0.15) is 25.7 Å². The molecule has 0 bridgehead atoms. The van der Waals surface area contributed by atoms with Gasteiger partial charge >= 0.3 is 6.09 Å². The molecule has 0 atom stereocenters. The van der Waals surface area contributed by atoms with E-state index in [2.05, 4.69) is 20.5 Å². The molecule has 3 aromatic rings. The number of carbonyl (C=O) groups excluding carboxylic acids is 1. The van der Waals surface area contributed by atoms with Crippen molar-refractivity contribution in [1.82, 2.24) is 15.2 Å². The summed E-state index contributed by atoms with van der Waals surface area (Å²) in [4.78, 5) is 18.4. The minimum absolute atomic E-state index is 0.253. The fraction of sp³-hybridized carbons (Fsp3) is 0.333. The number of amides is 1. The SMILES string of the molecule is O=C1O[C@]2(CC[C@H](CNc3ccc(-c4ccccc4F)cn3)CC2)CN1c1cccnn1. The maximum atomic E-state index is 14.0. The van der Waals surface area contributed by atoms with Gasteiger partial charge in [0.2, 0.25) is 0 Å². The average molecular weight is 433 g/mol. The summed E-state index contributed by atoms with van der Waals surface area (Å²) < 4.78 is 19.7. The van der Waals surface area contributed by atoms with Crippen molar-refractivity contribution < 1.29 is 13.9 Å². The second-order valence-corrected chi connectivity index (χ2v) is 8.46. The van der Waals surface area contributed by atoms with Gasteiger partial charge in [-0.3, -0.25) is 4.90 Å². The van der Waals surface area contributed by atoms with E-state index in [9.17, 15) is 9.18 Å². The van der Waals surface area contributed by atoms with Gasteiger partial charge in [-0.2, -0.15) is 5.10 Å². The largest absolute Gasteiger partial charge is 0.441 e. The molecule has 1 spiro atoms. The van der Waals surface area contributed by atoms with Gasteiger partial charge in [-0.1, -0.05) is 18.2 Å². The molecule has 5 rings (SSSR count). The molecule has 8 heteroatoms. The lowest BCUT2D eigenvalue weighted by Crippen LogP contribution is -2.39. The second kappa shape index (κ2) is 8.53. The van der Waals surface area contributed by atoms with Gasteiger partial charge in [0.1, 0.15) is 17.2 Å². The third-order valence-corrected chi connectivity index (χ3v) is 6.34. The zero-order chi connectivity index (χ0) is 22.0. The number of hydrogen-bond donors (Lipinski definition) is 1. The fourth-order valence-corrected chi connectivity index (χ4v) is 4.51. The Hall–Kier alpha value is -3.55.